The molecule has 7 nitrogen and oxygen atoms in total. The van der Waals surface area contributed by atoms with Crippen molar-refractivity contribution in [3.8, 4) is 0 Å². The monoisotopic (exact) mass is 366 g/mol. The molecule has 25 heavy (non-hydrogen) atoms. The zero-order valence-corrected chi connectivity index (χ0v) is 14.8. The summed E-state index contributed by atoms with van der Waals surface area (Å²) in [5.74, 6) is -0.305. The van der Waals surface area contributed by atoms with E-state index in [9.17, 15) is 9.59 Å². The average Bonchev–Trinajstić information content (AvgIpc) is 2.66. The van der Waals surface area contributed by atoms with Crippen LogP contribution in [0, 0.1) is 0 Å². The van der Waals surface area contributed by atoms with Crippen LogP contribution in [0.4, 0.5) is 5.69 Å². The minimum atomic E-state index is -0.513. The molecule has 0 spiro atoms. The quantitative estimate of drug-likeness (QED) is 0.790. The Kier molecular flexibility index (Phi) is 6.12. The number of carbonyl (C=O) groups is 2. The fourth-order valence-electron chi connectivity index (χ4n) is 3.01. The molecule has 3 rings (SSSR count). The normalized spacial score (nSPS) is 21.1. The van der Waals surface area contributed by atoms with Gasteiger partial charge in [0.25, 0.3) is 5.91 Å². The number of anilines is 1. The van der Waals surface area contributed by atoms with Gasteiger partial charge < -0.3 is 25.2 Å². The first-order valence-electron chi connectivity index (χ1n) is 8.52. The zero-order chi connectivity index (χ0) is 17.6. The molecule has 0 aromatic heterocycles. The lowest BCUT2D eigenvalue weighted by Crippen LogP contribution is -2.53. The van der Waals surface area contributed by atoms with Crippen LogP contribution in [0.2, 0.25) is 5.02 Å². The van der Waals surface area contributed by atoms with Gasteiger partial charge in [-0.3, -0.25) is 9.59 Å². The van der Waals surface area contributed by atoms with Gasteiger partial charge in [0, 0.05) is 50.0 Å². The first-order chi connectivity index (χ1) is 12.1. The Morgan fingerprint density at radius 3 is 2.76 bits per heavy atom. The van der Waals surface area contributed by atoms with Crippen molar-refractivity contribution in [2.24, 2.45) is 0 Å². The molecular weight excluding hydrogens is 344 g/mol. The van der Waals surface area contributed by atoms with E-state index in [1.165, 1.54) is 0 Å². The summed E-state index contributed by atoms with van der Waals surface area (Å²) in [5.41, 5.74) is 1.06. The first kappa shape index (κ1) is 18.0. The lowest BCUT2D eigenvalue weighted by Gasteiger charge is -2.36. The number of halogens is 1. The Hall–Kier alpha value is -1.83. The minimum absolute atomic E-state index is 0.00978. The molecule has 8 heteroatoms. The summed E-state index contributed by atoms with van der Waals surface area (Å²) >= 11 is 6.03. The molecule has 1 aromatic rings. The molecule has 1 unspecified atom stereocenters. The van der Waals surface area contributed by atoms with Crippen molar-refractivity contribution < 1.29 is 14.3 Å². The third kappa shape index (κ3) is 4.84. The molecule has 1 aromatic carbocycles. The van der Waals surface area contributed by atoms with Crippen molar-refractivity contribution in [1.29, 1.82) is 0 Å². The summed E-state index contributed by atoms with van der Waals surface area (Å²) in [7, 11) is 0. The summed E-state index contributed by atoms with van der Waals surface area (Å²) in [4.78, 5) is 28.3. The summed E-state index contributed by atoms with van der Waals surface area (Å²) in [6.07, 6.45) is -0.513. The Labute approximate surface area is 152 Å². The second-order valence-electron chi connectivity index (χ2n) is 6.13. The van der Waals surface area contributed by atoms with Crippen LogP contribution in [0.15, 0.2) is 24.3 Å². The lowest BCUT2D eigenvalue weighted by atomic mass is 10.2. The smallest absolute Gasteiger partial charge is 0.250 e. The third-order valence-corrected chi connectivity index (χ3v) is 4.67. The number of ether oxygens (including phenoxy) is 1. The molecule has 2 saturated heterocycles. The molecule has 2 heterocycles. The summed E-state index contributed by atoms with van der Waals surface area (Å²) in [6.45, 7) is 4.50. The van der Waals surface area contributed by atoms with Crippen LogP contribution in [-0.2, 0) is 14.3 Å². The molecule has 2 amide bonds. The number of piperazine rings is 1. The molecular formula is C17H23ClN4O3. The van der Waals surface area contributed by atoms with Gasteiger partial charge in [-0.2, -0.15) is 0 Å². The largest absolute Gasteiger partial charge is 0.368 e. The van der Waals surface area contributed by atoms with Crippen LogP contribution in [0.5, 0.6) is 0 Å². The number of amides is 2. The first-order valence-corrected chi connectivity index (χ1v) is 8.89. The molecule has 2 fully saturated rings. The number of benzene rings is 1. The SMILES string of the molecule is O=C(NCC(=O)N1CCN(c2cccc(Cl)c2)CC1)C1CNCCO1. The van der Waals surface area contributed by atoms with Gasteiger partial charge in [0.15, 0.2) is 0 Å². The van der Waals surface area contributed by atoms with E-state index in [2.05, 4.69) is 15.5 Å². The highest BCUT2D eigenvalue weighted by Gasteiger charge is 2.25. The summed E-state index contributed by atoms with van der Waals surface area (Å²) in [5, 5.41) is 6.48. The number of carbonyl (C=O) groups excluding carboxylic acids is 2. The highest BCUT2D eigenvalue weighted by atomic mass is 35.5. The summed E-state index contributed by atoms with van der Waals surface area (Å²) < 4.78 is 5.37. The second kappa shape index (κ2) is 8.51. The molecule has 0 radical (unpaired) electrons. The standard InChI is InChI=1S/C17H23ClN4O3/c18-13-2-1-3-14(10-13)21-5-7-22(8-6-21)16(23)12-20-17(24)15-11-19-4-9-25-15/h1-3,10,15,19H,4-9,11-12H2,(H,20,24). The summed E-state index contributed by atoms with van der Waals surface area (Å²) in [6, 6.07) is 7.71. The number of nitrogens with one attached hydrogen (secondary N) is 2. The van der Waals surface area contributed by atoms with E-state index in [1.807, 2.05) is 24.3 Å². The van der Waals surface area contributed by atoms with E-state index in [0.29, 0.717) is 31.3 Å². The van der Waals surface area contributed by atoms with Crippen LogP contribution in [0.25, 0.3) is 0 Å². The van der Waals surface area contributed by atoms with E-state index in [0.717, 1.165) is 25.3 Å². The van der Waals surface area contributed by atoms with Gasteiger partial charge in [0.05, 0.1) is 13.2 Å². The molecule has 136 valence electrons. The van der Waals surface area contributed by atoms with Gasteiger partial charge in [0.2, 0.25) is 5.91 Å². The van der Waals surface area contributed by atoms with Crippen LogP contribution in [-0.4, -0.2) is 75.2 Å². The molecule has 0 aliphatic carbocycles. The van der Waals surface area contributed by atoms with Gasteiger partial charge in [-0.15, -0.1) is 0 Å². The van der Waals surface area contributed by atoms with Gasteiger partial charge in [-0.05, 0) is 18.2 Å². The Bertz CT molecular complexity index is 614. The minimum Gasteiger partial charge on any atom is -0.368 e. The maximum atomic E-state index is 12.3. The van der Waals surface area contributed by atoms with Crippen molar-refractivity contribution in [2.45, 2.75) is 6.10 Å². The van der Waals surface area contributed by atoms with E-state index in [4.69, 9.17) is 16.3 Å². The van der Waals surface area contributed by atoms with Gasteiger partial charge in [0.1, 0.15) is 6.10 Å². The highest BCUT2D eigenvalue weighted by Crippen LogP contribution is 2.20. The molecule has 0 saturated carbocycles. The Balaban J connectivity index is 1.43. The maximum absolute atomic E-state index is 12.3. The lowest BCUT2D eigenvalue weighted by molar-refractivity contribution is -0.138. The van der Waals surface area contributed by atoms with Crippen LogP contribution >= 0.6 is 11.6 Å². The molecule has 2 aliphatic heterocycles. The van der Waals surface area contributed by atoms with Crippen molar-refractivity contribution >= 4 is 29.1 Å². The Morgan fingerprint density at radius 1 is 1.28 bits per heavy atom. The van der Waals surface area contributed by atoms with Crippen molar-refractivity contribution in [3.05, 3.63) is 29.3 Å². The predicted molar refractivity (Wildman–Crippen MR) is 95.9 cm³/mol. The second-order valence-corrected chi connectivity index (χ2v) is 6.57. The van der Waals surface area contributed by atoms with Crippen molar-refractivity contribution in [2.75, 3.05) is 57.3 Å². The van der Waals surface area contributed by atoms with Crippen LogP contribution < -0.4 is 15.5 Å². The average molecular weight is 367 g/mol. The van der Waals surface area contributed by atoms with E-state index >= 15 is 0 Å². The zero-order valence-electron chi connectivity index (χ0n) is 14.0. The van der Waals surface area contributed by atoms with Gasteiger partial charge in [-0.25, -0.2) is 0 Å². The molecule has 1 atom stereocenters. The van der Waals surface area contributed by atoms with Crippen molar-refractivity contribution in [1.82, 2.24) is 15.5 Å². The maximum Gasteiger partial charge on any atom is 0.250 e. The highest BCUT2D eigenvalue weighted by molar-refractivity contribution is 6.30. The van der Waals surface area contributed by atoms with Crippen molar-refractivity contribution in [3.63, 3.8) is 0 Å². The Morgan fingerprint density at radius 2 is 2.08 bits per heavy atom. The van der Waals surface area contributed by atoms with Gasteiger partial charge >= 0.3 is 0 Å². The molecule has 2 aliphatic rings. The number of morpholine rings is 1. The van der Waals surface area contributed by atoms with Crippen LogP contribution in [0.3, 0.4) is 0 Å². The van der Waals surface area contributed by atoms with Crippen LogP contribution in [0.1, 0.15) is 0 Å². The molecule has 0 bridgehead atoms. The van der Waals surface area contributed by atoms with E-state index in [-0.39, 0.29) is 18.4 Å². The fourth-order valence-corrected chi connectivity index (χ4v) is 3.19. The fraction of sp³-hybridized carbons (Fsp3) is 0.529. The third-order valence-electron chi connectivity index (χ3n) is 4.44. The number of hydrogen-bond donors (Lipinski definition) is 2. The topological polar surface area (TPSA) is 73.9 Å². The van der Waals surface area contributed by atoms with E-state index in [1.54, 1.807) is 4.90 Å². The predicted octanol–water partition coefficient (Wildman–Crippen LogP) is 0.0932. The number of nitrogens with zero attached hydrogens (tertiary/aromatic N) is 2. The van der Waals surface area contributed by atoms with E-state index < -0.39 is 6.10 Å². The number of hydrogen-bond acceptors (Lipinski definition) is 5. The number of rotatable bonds is 4. The molecule has 2 N–H and O–H groups in total. The van der Waals surface area contributed by atoms with Gasteiger partial charge in [-0.1, -0.05) is 17.7 Å².